The number of carboxylic acids is 1. The maximum absolute atomic E-state index is 12.0. The van der Waals surface area contributed by atoms with Gasteiger partial charge in [-0.3, -0.25) is 9.59 Å². The third kappa shape index (κ3) is 2.04. The van der Waals surface area contributed by atoms with E-state index in [0.29, 0.717) is 32.4 Å². The summed E-state index contributed by atoms with van der Waals surface area (Å²) in [6, 6.07) is 0. The first kappa shape index (κ1) is 12.4. The zero-order chi connectivity index (χ0) is 12.7. The number of carbonyl (C=O) groups excluding carboxylic acids is 1. The lowest BCUT2D eigenvalue weighted by Gasteiger charge is -2.39. The Kier molecular flexibility index (Phi) is 2.89. The second-order valence-electron chi connectivity index (χ2n) is 5.39. The van der Waals surface area contributed by atoms with E-state index in [1.54, 1.807) is 4.90 Å². The summed E-state index contributed by atoms with van der Waals surface area (Å²) in [5.41, 5.74) is 4.61. The molecule has 1 aliphatic carbocycles. The molecule has 0 spiro atoms. The molecule has 0 aromatic rings. The third-order valence-corrected chi connectivity index (χ3v) is 4.35. The van der Waals surface area contributed by atoms with Crippen molar-refractivity contribution >= 4 is 11.9 Å². The minimum atomic E-state index is -0.735. The summed E-state index contributed by atoms with van der Waals surface area (Å²) >= 11 is 0. The zero-order valence-electron chi connectivity index (χ0n) is 10.2. The quantitative estimate of drug-likeness (QED) is 0.756. The van der Waals surface area contributed by atoms with Crippen LogP contribution < -0.4 is 5.73 Å². The average Bonchev–Trinajstić information content (AvgIpc) is 3.07. The number of aliphatic carboxylic acids is 1. The molecule has 0 atom stereocenters. The Morgan fingerprint density at radius 3 is 2.12 bits per heavy atom. The Bertz CT molecular complexity index is 342. The average molecular weight is 240 g/mol. The lowest BCUT2D eigenvalue weighted by molar-refractivity contribution is -0.155. The highest BCUT2D eigenvalue weighted by Gasteiger charge is 2.50. The minimum absolute atomic E-state index is 0.00703. The molecule has 17 heavy (non-hydrogen) atoms. The molecule has 5 nitrogen and oxygen atoms in total. The molecular formula is C12H20N2O3. The fraction of sp³-hybridized carbons (Fsp3) is 0.833. The molecule has 5 heteroatoms. The molecule has 0 aromatic heterocycles. The summed E-state index contributed by atoms with van der Waals surface area (Å²) in [4.78, 5) is 25.0. The number of carbonyl (C=O) groups is 2. The molecule has 2 aliphatic rings. The van der Waals surface area contributed by atoms with E-state index in [9.17, 15) is 14.7 Å². The fourth-order valence-corrected chi connectivity index (χ4v) is 2.52. The molecular weight excluding hydrogens is 220 g/mol. The number of piperidine rings is 1. The Hall–Kier alpha value is -1.10. The van der Waals surface area contributed by atoms with Gasteiger partial charge in [0.1, 0.15) is 0 Å². The van der Waals surface area contributed by atoms with Crippen molar-refractivity contribution in [3.05, 3.63) is 0 Å². The predicted octanol–water partition coefficient (Wildman–Crippen LogP) is 0.581. The highest BCUT2D eigenvalue weighted by molar-refractivity contribution is 5.89. The largest absolute Gasteiger partial charge is 0.481 e. The Labute approximate surface area is 101 Å². The molecule has 1 aliphatic heterocycles. The molecule has 0 aromatic carbocycles. The summed E-state index contributed by atoms with van der Waals surface area (Å²) in [5, 5.41) is 9.26. The first-order valence-corrected chi connectivity index (χ1v) is 6.25. The van der Waals surface area contributed by atoms with Crippen LogP contribution in [0.1, 0.15) is 39.0 Å². The van der Waals surface area contributed by atoms with Gasteiger partial charge in [-0.1, -0.05) is 6.92 Å². The highest BCUT2D eigenvalue weighted by Crippen LogP contribution is 2.39. The zero-order valence-corrected chi connectivity index (χ0v) is 10.2. The van der Waals surface area contributed by atoms with Crippen LogP contribution in [-0.4, -0.2) is 40.5 Å². The molecule has 3 N–H and O–H groups in total. The van der Waals surface area contributed by atoms with Gasteiger partial charge >= 0.3 is 5.97 Å². The number of likely N-dealkylation sites (tertiary alicyclic amines) is 1. The lowest BCUT2D eigenvalue weighted by Crippen LogP contribution is -2.52. The Morgan fingerprint density at radius 1 is 1.24 bits per heavy atom. The van der Waals surface area contributed by atoms with Gasteiger partial charge in [0.05, 0.1) is 11.0 Å². The van der Waals surface area contributed by atoms with Crippen LogP contribution in [0.3, 0.4) is 0 Å². The lowest BCUT2D eigenvalue weighted by atomic mass is 9.76. The van der Waals surface area contributed by atoms with E-state index in [0.717, 1.165) is 12.8 Å². The Morgan fingerprint density at radius 2 is 1.76 bits per heavy atom. The maximum atomic E-state index is 12.0. The SMILES string of the molecule is CCC1(C(=O)O)CCN(C(=O)C2(N)CC2)CC1. The van der Waals surface area contributed by atoms with Crippen LogP contribution in [0.2, 0.25) is 0 Å². The van der Waals surface area contributed by atoms with Crippen molar-refractivity contribution in [1.29, 1.82) is 0 Å². The molecule has 1 saturated carbocycles. The first-order chi connectivity index (χ1) is 7.93. The van der Waals surface area contributed by atoms with E-state index in [4.69, 9.17) is 5.73 Å². The summed E-state index contributed by atoms with van der Waals surface area (Å²) in [6.07, 6.45) is 3.24. The normalized spacial score (nSPS) is 25.4. The van der Waals surface area contributed by atoms with Gasteiger partial charge in [0.25, 0.3) is 0 Å². The number of carboxylic acid groups (broad SMARTS) is 1. The van der Waals surface area contributed by atoms with Crippen LogP contribution in [0, 0.1) is 5.41 Å². The fourth-order valence-electron chi connectivity index (χ4n) is 2.52. The van der Waals surface area contributed by atoms with Gasteiger partial charge in [-0.25, -0.2) is 0 Å². The van der Waals surface area contributed by atoms with Crippen LogP contribution >= 0.6 is 0 Å². The van der Waals surface area contributed by atoms with E-state index in [-0.39, 0.29) is 5.91 Å². The number of hydrogen-bond acceptors (Lipinski definition) is 3. The number of nitrogens with two attached hydrogens (primary N) is 1. The molecule has 1 heterocycles. The van der Waals surface area contributed by atoms with Crippen molar-refractivity contribution in [2.24, 2.45) is 11.1 Å². The van der Waals surface area contributed by atoms with Crippen LogP contribution in [0.15, 0.2) is 0 Å². The monoisotopic (exact) mass is 240 g/mol. The summed E-state index contributed by atoms with van der Waals surface area (Å²) in [5.74, 6) is -0.728. The molecule has 1 amide bonds. The standard InChI is InChI=1S/C12H20N2O3/c1-2-11(10(16)17)5-7-14(8-6-11)9(15)12(13)3-4-12/h2-8,13H2,1H3,(H,16,17). The van der Waals surface area contributed by atoms with Crippen LogP contribution in [-0.2, 0) is 9.59 Å². The number of amides is 1. The van der Waals surface area contributed by atoms with Crippen molar-refractivity contribution in [1.82, 2.24) is 4.90 Å². The maximum Gasteiger partial charge on any atom is 0.309 e. The molecule has 2 fully saturated rings. The van der Waals surface area contributed by atoms with Gasteiger partial charge < -0.3 is 15.7 Å². The number of nitrogens with zero attached hydrogens (tertiary/aromatic N) is 1. The van der Waals surface area contributed by atoms with Crippen LogP contribution in [0.4, 0.5) is 0 Å². The van der Waals surface area contributed by atoms with Gasteiger partial charge in [0.2, 0.25) is 5.91 Å². The Balaban J connectivity index is 1.98. The van der Waals surface area contributed by atoms with Gasteiger partial charge in [-0.2, -0.15) is 0 Å². The van der Waals surface area contributed by atoms with Crippen LogP contribution in [0.25, 0.3) is 0 Å². The van der Waals surface area contributed by atoms with E-state index < -0.39 is 16.9 Å². The molecule has 96 valence electrons. The molecule has 0 bridgehead atoms. The van der Waals surface area contributed by atoms with Crippen molar-refractivity contribution in [3.63, 3.8) is 0 Å². The van der Waals surface area contributed by atoms with E-state index >= 15 is 0 Å². The minimum Gasteiger partial charge on any atom is -0.481 e. The van der Waals surface area contributed by atoms with E-state index in [1.165, 1.54) is 0 Å². The number of rotatable bonds is 3. The third-order valence-electron chi connectivity index (χ3n) is 4.35. The van der Waals surface area contributed by atoms with Gasteiger partial charge in [-0.05, 0) is 32.1 Å². The van der Waals surface area contributed by atoms with Gasteiger partial charge in [0, 0.05) is 13.1 Å². The van der Waals surface area contributed by atoms with Crippen molar-refractivity contribution < 1.29 is 14.7 Å². The van der Waals surface area contributed by atoms with Crippen molar-refractivity contribution in [3.8, 4) is 0 Å². The molecule has 1 saturated heterocycles. The van der Waals surface area contributed by atoms with Crippen molar-refractivity contribution in [2.75, 3.05) is 13.1 Å². The summed E-state index contributed by atoms with van der Waals surface area (Å²) in [7, 11) is 0. The number of hydrogen-bond donors (Lipinski definition) is 2. The molecule has 2 rings (SSSR count). The second kappa shape index (κ2) is 3.98. The highest BCUT2D eigenvalue weighted by atomic mass is 16.4. The van der Waals surface area contributed by atoms with Gasteiger partial charge in [-0.15, -0.1) is 0 Å². The second-order valence-corrected chi connectivity index (χ2v) is 5.39. The van der Waals surface area contributed by atoms with Crippen LogP contribution in [0.5, 0.6) is 0 Å². The van der Waals surface area contributed by atoms with E-state index in [2.05, 4.69) is 0 Å². The summed E-state index contributed by atoms with van der Waals surface area (Å²) in [6.45, 7) is 2.95. The van der Waals surface area contributed by atoms with E-state index in [1.807, 2.05) is 6.92 Å². The first-order valence-electron chi connectivity index (χ1n) is 6.25. The molecule has 0 radical (unpaired) electrons. The predicted molar refractivity (Wildman–Crippen MR) is 62.3 cm³/mol. The topological polar surface area (TPSA) is 83.6 Å². The van der Waals surface area contributed by atoms with Crippen molar-refractivity contribution in [2.45, 2.75) is 44.6 Å². The smallest absolute Gasteiger partial charge is 0.309 e. The molecule has 0 unspecified atom stereocenters. The summed E-state index contributed by atoms with van der Waals surface area (Å²) < 4.78 is 0. The van der Waals surface area contributed by atoms with Gasteiger partial charge in [0.15, 0.2) is 0 Å².